The molecule has 18 heavy (non-hydrogen) atoms. The molecule has 0 amide bonds. The SMILES string of the molecule is CC(C)CNCc1nnc(OCCC(F)(F)F)s1. The van der Waals surface area contributed by atoms with Gasteiger partial charge in [-0.2, -0.15) is 13.2 Å². The van der Waals surface area contributed by atoms with Gasteiger partial charge in [-0.3, -0.25) is 0 Å². The number of alkyl halides is 3. The zero-order chi connectivity index (χ0) is 13.6. The lowest BCUT2D eigenvalue weighted by atomic mass is 10.2. The lowest BCUT2D eigenvalue weighted by Gasteiger charge is -2.05. The van der Waals surface area contributed by atoms with E-state index in [2.05, 4.69) is 29.4 Å². The summed E-state index contributed by atoms with van der Waals surface area (Å²) in [5, 5.41) is 11.6. The second-order valence-corrected chi connectivity index (χ2v) is 5.22. The van der Waals surface area contributed by atoms with Gasteiger partial charge in [0.1, 0.15) is 5.01 Å². The fraction of sp³-hybridized carbons (Fsp3) is 0.800. The molecule has 8 heteroatoms. The van der Waals surface area contributed by atoms with Crippen LogP contribution in [0.1, 0.15) is 25.3 Å². The summed E-state index contributed by atoms with van der Waals surface area (Å²) in [7, 11) is 0. The van der Waals surface area contributed by atoms with E-state index in [4.69, 9.17) is 4.74 Å². The number of rotatable bonds is 7. The molecule has 0 saturated carbocycles. The largest absolute Gasteiger partial charge is 0.469 e. The Hall–Kier alpha value is -0.890. The summed E-state index contributed by atoms with van der Waals surface area (Å²) in [4.78, 5) is 0. The lowest BCUT2D eigenvalue weighted by molar-refractivity contribution is -0.139. The molecule has 0 unspecified atom stereocenters. The first-order chi connectivity index (χ1) is 8.37. The first-order valence-electron chi connectivity index (χ1n) is 5.59. The standard InChI is InChI=1S/C10H16F3N3OS/c1-7(2)5-14-6-8-15-16-9(18-8)17-4-3-10(11,12)13/h7,14H,3-6H2,1-2H3. The molecular weight excluding hydrogens is 267 g/mol. The van der Waals surface area contributed by atoms with Crippen LogP contribution in [-0.4, -0.2) is 29.5 Å². The Balaban J connectivity index is 2.26. The van der Waals surface area contributed by atoms with Gasteiger partial charge in [0.2, 0.25) is 0 Å². The molecule has 0 spiro atoms. The number of ether oxygens (including phenoxy) is 1. The monoisotopic (exact) mass is 283 g/mol. The molecule has 0 aliphatic rings. The Morgan fingerprint density at radius 1 is 1.33 bits per heavy atom. The van der Waals surface area contributed by atoms with Crippen LogP contribution in [0.4, 0.5) is 13.2 Å². The summed E-state index contributed by atoms with van der Waals surface area (Å²) in [5.74, 6) is 0.528. The third-order valence-corrected chi connectivity index (χ3v) is 2.72. The molecule has 0 fully saturated rings. The summed E-state index contributed by atoms with van der Waals surface area (Å²) < 4.78 is 40.5. The molecular formula is C10H16F3N3OS. The number of nitrogens with one attached hydrogen (secondary N) is 1. The van der Waals surface area contributed by atoms with Crippen molar-refractivity contribution in [2.75, 3.05) is 13.2 Å². The minimum atomic E-state index is -4.20. The summed E-state index contributed by atoms with van der Waals surface area (Å²) >= 11 is 1.16. The number of halogens is 3. The van der Waals surface area contributed by atoms with Crippen LogP contribution in [0.2, 0.25) is 0 Å². The van der Waals surface area contributed by atoms with Crippen molar-refractivity contribution in [3.63, 3.8) is 0 Å². The van der Waals surface area contributed by atoms with Gasteiger partial charge in [-0.05, 0) is 12.5 Å². The van der Waals surface area contributed by atoms with Crippen LogP contribution in [0.15, 0.2) is 0 Å². The Kier molecular flexibility index (Phi) is 5.80. The number of aromatic nitrogens is 2. The molecule has 0 aromatic carbocycles. The van der Waals surface area contributed by atoms with Gasteiger partial charge in [0.25, 0.3) is 5.19 Å². The summed E-state index contributed by atoms with van der Waals surface area (Å²) in [5.41, 5.74) is 0. The quantitative estimate of drug-likeness (QED) is 0.835. The molecule has 0 aliphatic heterocycles. The average molecular weight is 283 g/mol. The summed E-state index contributed by atoms with van der Waals surface area (Å²) in [6.07, 6.45) is -5.18. The van der Waals surface area contributed by atoms with E-state index in [9.17, 15) is 13.2 Å². The Bertz CT molecular complexity index is 354. The first kappa shape index (κ1) is 15.2. The molecule has 0 aliphatic carbocycles. The van der Waals surface area contributed by atoms with E-state index < -0.39 is 19.2 Å². The molecule has 1 N–H and O–H groups in total. The van der Waals surface area contributed by atoms with E-state index in [1.807, 2.05) is 0 Å². The van der Waals surface area contributed by atoms with Crippen LogP contribution >= 0.6 is 11.3 Å². The predicted molar refractivity (Wildman–Crippen MR) is 62.6 cm³/mol. The minimum absolute atomic E-state index is 0.181. The highest BCUT2D eigenvalue weighted by Gasteiger charge is 2.27. The van der Waals surface area contributed by atoms with Gasteiger partial charge in [-0.25, -0.2) is 0 Å². The van der Waals surface area contributed by atoms with E-state index in [1.54, 1.807) is 0 Å². The fourth-order valence-corrected chi connectivity index (χ4v) is 1.77. The van der Waals surface area contributed by atoms with Crippen molar-refractivity contribution in [3.05, 3.63) is 5.01 Å². The smallest absolute Gasteiger partial charge is 0.392 e. The Labute approximate surface area is 108 Å². The molecule has 1 rings (SSSR count). The maximum atomic E-state index is 11.9. The number of hydrogen-bond donors (Lipinski definition) is 1. The van der Waals surface area contributed by atoms with Crippen LogP contribution in [0.25, 0.3) is 0 Å². The maximum Gasteiger partial charge on any atom is 0.392 e. The van der Waals surface area contributed by atoms with Gasteiger partial charge in [-0.15, -0.1) is 10.2 Å². The molecule has 4 nitrogen and oxygen atoms in total. The van der Waals surface area contributed by atoms with Gasteiger partial charge < -0.3 is 10.1 Å². The van der Waals surface area contributed by atoms with Crippen molar-refractivity contribution in [1.82, 2.24) is 15.5 Å². The first-order valence-corrected chi connectivity index (χ1v) is 6.41. The zero-order valence-electron chi connectivity index (χ0n) is 10.3. The molecule has 0 saturated heterocycles. The Morgan fingerprint density at radius 2 is 2.06 bits per heavy atom. The van der Waals surface area contributed by atoms with Gasteiger partial charge in [0, 0.05) is 6.54 Å². The molecule has 1 aromatic heterocycles. The van der Waals surface area contributed by atoms with Crippen molar-refractivity contribution < 1.29 is 17.9 Å². The summed E-state index contributed by atoms with van der Waals surface area (Å²) in [6.45, 7) is 5.15. The van der Waals surface area contributed by atoms with E-state index in [0.717, 1.165) is 17.9 Å². The number of hydrogen-bond acceptors (Lipinski definition) is 5. The normalized spacial score (nSPS) is 12.1. The van der Waals surface area contributed by atoms with E-state index in [0.29, 0.717) is 17.5 Å². The molecule has 0 atom stereocenters. The van der Waals surface area contributed by atoms with Crippen molar-refractivity contribution in [2.24, 2.45) is 5.92 Å². The van der Waals surface area contributed by atoms with Crippen LogP contribution in [-0.2, 0) is 6.54 Å². The molecule has 104 valence electrons. The van der Waals surface area contributed by atoms with Crippen molar-refractivity contribution in [2.45, 2.75) is 33.0 Å². The zero-order valence-corrected chi connectivity index (χ0v) is 11.1. The second-order valence-electron chi connectivity index (χ2n) is 4.20. The second kappa shape index (κ2) is 6.89. The molecule has 0 radical (unpaired) electrons. The van der Waals surface area contributed by atoms with Crippen molar-refractivity contribution >= 4 is 11.3 Å². The lowest BCUT2D eigenvalue weighted by Crippen LogP contribution is -2.18. The predicted octanol–water partition coefficient (Wildman–Crippen LogP) is 2.61. The Morgan fingerprint density at radius 3 is 2.67 bits per heavy atom. The maximum absolute atomic E-state index is 11.9. The number of nitrogens with zero attached hydrogens (tertiary/aromatic N) is 2. The van der Waals surface area contributed by atoms with Crippen LogP contribution in [0.3, 0.4) is 0 Å². The highest BCUT2D eigenvalue weighted by Crippen LogP contribution is 2.22. The summed E-state index contributed by atoms with van der Waals surface area (Å²) in [6, 6.07) is 0. The van der Waals surface area contributed by atoms with E-state index in [-0.39, 0.29) is 5.19 Å². The van der Waals surface area contributed by atoms with E-state index in [1.165, 1.54) is 0 Å². The highest BCUT2D eigenvalue weighted by atomic mass is 32.1. The van der Waals surface area contributed by atoms with Crippen LogP contribution < -0.4 is 10.1 Å². The highest BCUT2D eigenvalue weighted by molar-refractivity contribution is 7.13. The van der Waals surface area contributed by atoms with Gasteiger partial charge >= 0.3 is 6.18 Å². The van der Waals surface area contributed by atoms with Gasteiger partial charge in [0.05, 0.1) is 13.0 Å². The third kappa shape index (κ3) is 6.75. The fourth-order valence-electron chi connectivity index (χ4n) is 1.09. The molecule has 1 aromatic rings. The van der Waals surface area contributed by atoms with Gasteiger partial charge in [-0.1, -0.05) is 25.2 Å². The van der Waals surface area contributed by atoms with E-state index >= 15 is 0 Å². The van der Waals surface area contributed by atoms with Crippen LogP contribution in [0.5, 0.6) is 5.19 Å². The minimum Gasteiger partial charge on any atom is -0.469 e. The third-order valence-electron chi connectivity index (χ3n) is 1.89. The average Bonchev–Trinajstić information content (AvgIpc) is 2.63. The van der Waals surface area contributed by atoms with Gasteiger partial charge in [0.15, 0.2) is 0 Å². The van der Waals surface area contributed by atoms with Crippen molar-refractivity contribution in [3.8, 4) is 5.19 Å². The van der Waals surface area contributed by atoms with Crippen molar-refractivity contribution in [1.29, 1.82) is 0 Å². The van der Waals surface area contributed by atoms with Crippen LogP contribution in [0, 0.1) is 5.92 Å². The topological polar surface area (TPSA) is 47.0 Å². The molecule has 0 bridgehead atoms. The molecule has 1 heterocycles.